The third kappa shape index (κ3) is 3.82. The molecule has 0 aromatic carbocycles. The number of sulfone groups is 1. The molecule has 9 heteroatoms. The normalized spacial score (nSPS) is 24.9. The van der Waals surface area contributed by atoms with Crippen LogP contribution in [0.1, 0.15) is 31.3 Å². The highest BCUT2D eigenvalue weighted by atomic mass is 32.2. The standard InChI is InChI=1S/C17H23N3O5S/c1-17(2,3)25-16(22)20-9-8-19(13-10-26(23,24)11-14(13)20)15(21)12-6-4-5-7-18-12/h4-7,13-14H,8-11H2,1-3H3/t13-,14-/m1/s1. The molecule has 1 aromatic rings. The number of fused-ring (bicyclic) bond motifs is 1. The van der Waals surface area contributed by atoms with E-state index in [1.807, 2.05) is 0 Å². The average Bonchev–Trinajstić information content (AvgIpc) is 2.87. The summed E-state index contributed by atoms with van der Waals surface area (Å²) in [6.07, 6.45) is 0.974. The van der Waals surface area contributed by atoms with E-state index in [4.69, 9.17) is 4.74 Å². The minimum atomic E-state index is -3.35. The summed E-state index contributed by atoms with van der Waals surface area (Å²) in [6, 6.07) is 3.83. The molecule has 3 rings (SSSR count). The van der Waals surface area contributed by atoms with Crippen LogP contribution in [0.5, 0.6) is 0 Å². The Morgan fingerprint density at radius 2 is 1.73 bits per heavy atom. The number of amides is 2. The Balaban J connectivity index is 1.86. The Labute approximate surface area is 153 Å². The number of hydrogen-bond donors (Lipinski definition) is 0. The Hall–Kier alpha value is -2.16. The van der Waals surface area contributed by atoms with Gasteiger partial charge >= 0.3 is 6.09 Å². The predicted molar refractivity (Wildman–Crippen MR) is 94.4 cm³/mol. The number of nitrogens with zero attached hydrogens (tertiary/aromatic N) is 3. The maximum Gasteiger partial charge on any atom is 0.410 e. The van der Waals surface area contributed by atoms with E-state index >= 15 is 0 Å². The van der Waals surface area contributed by atoms with Crippen molar-refractivity contribution in [2.75, 3.05) is 24.6 Å². The molecule has 0 unspecified atom stereocenters. The monoisotopic (exact) mass is 381 g/mol. The molecule has 3 heterocycles. The topological polar surface area (TPSA) is 96.9 Å². The van der Waals surface area contributed by atoms with Gasteiger partial charge in [-0.2, -0.15) is 0 Å². The molecule has 0 saturated carbocycles. The number of rotatable bonds is 1. The molecule has 2 aliphatic rings. The molecule has 26 heavy (non-hydrogen) atoms. The summed E-state index contributed by atoms with van der Waals surface area (Å²) in [4.78, 5) is 32.3. The fraction of sp³-hybridized carbons (Fsp3) is 0.588. The third-order valence-corrected chi connectivity index (χ3v) is 6.15. The van der Waals surface area contributed by atoms with E-state index in [0.29, 0.717) is 0 Å². The lowest BCUT2D eigenvalue weighted by Gasteiger charge is -2.43. The predicted octanol–water partition coefficient (Wildman–Crippen LogP) is 0.940. The van der Waals surface area contributed by atoms with Crippen LogP contribution >= 0.6 is 0 Å². The molecule has 0 bridgehead atoms. The van der Waals surface area contributed by atoms with E-state index in [0.717, 1.165) is 0 Å². The fourth-order valence-corrected chi connectivity index (χ4v) is 5.37. The third-order valence-electron chi connectivity index (χ3n) is 4.45. The molecule has 2 aliphatic heterocycles. The quantitative estimate of drug-likeness (QED) is 0.718. The molecular formula is C17H23N3O5S. The fourth-order valence-electron chi connectivity index (χ4n) is 3.39. The van der Waals surface area contributed by atoms with E-state index in [1.54, 1.807) is 39.0 Å². The Morgan fingerprint density at radius 3 is 2.31 bits per heavy atom. The van der Waals surface area contributed by atoms with Crippen molar-refractivity contribution in [3.05, 3.63) is 30.1 Å². The van der Waals surface area contributed by atoms with Crippen LogP contribution in [0.25, 0.3) is 0 Å². The molecule has 0 N–H and O–H groups in total. The SMILES string of the molecule is CC(C)(C)OC(=O)N1CCN(C(=O)c2ccccn2)[C@@H]2CS(=O)(=O)C[C@H]21. The second-order valence-electron chi connectivity index (χ2n) is 7.60. The van der Waals surface area contributed by atoms with Gasteiger partial charge in [-0.05, 0) is 32.9 Å². The average molecular weight is 381 g/mol. The van der Waals surface area contributed by atoms with Crippen LogP contribution in [0, 0.1) is 0 Å². The first kappa shape index (κ1) is 18.6. The smallest absolute Gasteiger partial charge is 0.410 e. The van der Waals surface area contributed by atoms with Crippen molar-refractivity contribution in [1.29, 1.82) is 0 Å². The van der Waals surface area contributed by atoms with Crippen molar-refractivity contribution in [1.82, 2.24) is 14.8 Å². The Kier molecular flexibility index (Phi) is 4.68. The van der Waals surface area contributed by atoms with E-state index in [1.165, 1.54) is 16.0 Å². The second kappa shape index (κ2) is 6.53. The lowest BCUT2D eigenvalue weighted by molar-refractivity contribution is -0.00705. The molecule has 2 amide bonds. The molecule has 0 aliphatic carbocycles. The number of ether oxygens (including phenoxy) is 1. The number of piperazine rings is 1. The van der Waals surface area contributed by atoms with Crippen molar-refractivity contribution in [2.24, 2.45) is 0 Å². The lowest BCUT2D eigenvalue weighted by Crippen LogP contribution is -2.62. The van der Waals surface area contributed by atoms with Crippen LogP contribution in [0.15, 0.2) is 24.4 Å². The van der Waals surface area contributed by atoms with Crippen molar-refractivity contribution in [2.45, 2.75) is 38.5 Å². The van der Waals surface area contributed by atoms with Crippen molar-refractivity contribution in [3.63, 3.8) is 0 Å². The van der Waals surface area contributed by atoms with Crippen LogP contribution in [-0.4, -0.2) is 77.5 Å². The van der Waals surface area contributed by atoms with Gasteiger partial charge in [-0.3, -0.25) is 9.78 Å². The highest BCUT2D eigenvalue weighted by Gasteiger charge is 2.50. The number of pyridine rings is 1. The van der Waals surface area contributed by atoms with Gasteiger partial charge < -0.3 is 14.5 Å². The zero-order valence-corrected chi connectivity index (χ0v) is 15.9. The van der Waals surface area contributed by atoms with Gasteiger partial charge in [-0.1, -0.05) is 6.07 Å². The summed E-state index contributed by atoms with van der Waals surface area (Å²) >= 11 is 0. The van der Waals surface area contributed by atoms with Crippen LogP contribution in [-0.2, 0) is 14.6 Å². The summed E-state index contributed by atoms with van der Waals surface area (Å²) < 4.78 is 29.9. The molecule has 0 radical (unpaired) electrons. The van der Waals surface area contributed by atoms with Crippen LogP contribution < -0.4 is 0 Å². The molecule has 2 atom stereocenters. The van der Waals surface area contributed by atoms with Gasteiger partial charge in [0.1, 0.15) is 11.3 Å². The van der Waals surface area contributed by atoms with E-state index in [9.17, 15) is 18.0 Å². The number of carbonyl (C=O) groups excluding carboxylic acids is 2. The van der Waals surface area contributed by atoms with Crippen molar-refractivity contribution in [3.8, 4) is 0 Å². The molecule has 142 valence electrons. The van der Waals surface area contributed by atoms with Crippen LogP contribution in [0.3, 0.4) is 0 Å². The van der Waals surface area contributed by atoms with E-state index < -0.39 is 33.6 Å². The number of carbonyl (C=O) groups is 2. The zero-order chi connectivity index (χ0) is 19.1. The summed E-state index contributed by atoms with van der Waals surface area (Å²) in [7, 11) is -3.35. The Bertz CT molecular complexity index is 803. The molecule has 8 nitrogen and oxygen atoms in total. The van der Waals surface area contributed by atoms with Gasteiger partial charge in [-0.15, -0.1) is 0 Å². The molecule has 0 spiro atoms. The summed E-state index contributed by atoms with van der Waals surface area (Å²) in [5, 5.41) is 0. The maximum atomic E-state index is 12.8. The molecular weight excluding hydrogens is 358 g/mol. The van der Waals surface area contributed by atoms with Crippen molar-refractivity contribution < 1.29 is 22.7 Å². The minimum absolute atomic E-state index is 0.157. The second-order valence-corrected chi connectivity index (χ2v) is 9.75. The van der Waals surface area contributed by atoms with Gasteiger partial charge in [0, 0.05) is 19.3 Å². The molecule has 2 saturated heterocycles. The molecule has 2 fully saturated rings. The van der Waals surface area contributed by atoms with Crippen LogP contribution in [0.4, 0.5) is 4.79 Å². The van der Waals surface area contributed by atoms with E-state index in [2.05, 4.69) is 4.98 Å². The van der Waals surface area contributed by atoms with Crippen molar-refractivity contribution >= 4 is 21.8 Å². The summed E-state index contributed by atoms with van der Waals surface area (Å²) in [6.45, 7) is 5.74. The van der Waals surface area contributed by atoms with Gasteiger partial charge in [-0.25, -0.2) is 13.2 Å². The zero-order valence-electron chi connectivity index (χ0n) is 15.1. The lowest BCUT2D eigenvalue weighted by atomic mass is 10.0. The highest BCUT2D eigenvalue weighted by Crippen LogP contribution is 2.29. The van der Waals surface area contributed by atoms with E-state index in [-0.39, 0.29) is 36.2 Å². The summed E-state index contributed by atoms with van der Waals surface area (Å²) in [5.74, 6) is -0.639. The van der Waals surface area contributed by atoms with Gasteiger partial charge in [0.2, 0.25) is 0 Å². The maximum absolute atomic E-state index is 12.8. The first-order valence-corrected chi connectivity index (χ1v) is 10.3. The van der Waals surface area contributed by atoms with Crippen LogP contribution in [0.2, 0.25) is 0 Å². The highest BCUT2D eigenvalue weighted by molar-refractivity contribution is 7.91. The largest absolute Gasteiger partial charge is 0.444 e. The summed E-state index contributed by atoms with van der Waals surface area (Å²) in [5.41, 5.74) is -0.411. The Morgan fingerprint density at radius 1 is 1.12 bits per heavy atom. The number of hydrogen-bond acceptors (Lipinski definition) is 6. The number of aromatic nitrogens is 1. The molecule has 1 aromatic heterocycles. The first-order valence-electron chi connectivity index (χ1n) is 8.49. The first-order chi connectivity index (χ1) is 12.1. The van der Waals surface area contributed by atoms with Gasteiger partial charge in [0.05, 0.1) is 23.6 Å². The minimum Gasteiger partial charge on any atom is -0.444 e. The van der Waals surface area contributed by atoms with Gasteiger partial charge in [0.25, 0.3) is 5.91 Å². The van der Waals surface area contributed by atoms with Gasteiger partial charge in [0.15, 0.2) is 9.84 Å².